The lowest BCUT2D eigenvalue weighted by Gasteiger charge is -2.19. The minimum Gasteiger partial charge on any atom is -0.298 e. The van der Waals surface area contributed by atoms with Crippen LogP contribution in [0, 0.1) is 0 Å². The highest BCUT2D eigenvalue weighted by atomic mass is 19.1. The third kappa shape index (κ3) is 2.23. The zero-order chi connectivity index (χ0) is 6.78. The Kier molecular flexibility index (Phi) is 2.37. The third-order valence-corrected chi connectivity index (χ3v) is 1.17. The second kappa shape index (κ2) is 2.42. The Morgan fingerprint density at radius 1 is 1.62 bits per heavy atom. The lowest BCUT2D eigenvalue weighted by Crippen LogP contribution is -2.33. The van der Waals surface area contributed by atoms with Crippen molar-refractivity contribution in [2.45, 2.75) is 32.5 Å². The molecule has 0 amide bonds. The van der Waals surface area contributed by atoms with Crippen LogP contribution in [0.5, 0.6) is 0 Å². The predicted molar refractivity (Wildman–Crippen MR) is 29.9 cm³/mol. The Hall–Kier alpha value is -0.150. The molecule has 50 valence electrons. The summed E-state index contributed by atoms with van der Waals surface area (Å²) in [6.07, 6.45) is -0.539. The summed E-state index contributed by atoms with van der Waals surface area (Å²) in [4.78, 5) is 4.24. The summed E-state index contributed by atoms with van der Waals surface area (Å²) in [5.41, 5.74) is -1.34. The van der Waals surface area contributed by atoms with Crippen LogP contribution < -0.4 is 5.90 Å². The number of alkyl halides is 1. The molecule has 1 atom stereocenters. The molecule has 1 unspecified atom stereocenters. The minimum absolute atomic E-state index is 0.539. The molecule has 0 saturated heterocycles. The fourth-order valence-electron chi connectivity index (χ4n) is 0.162. The van der Waals surface area contributed by atoms with E-state index in [9.17, 15) is 4.39 Å². The van der Waals surface area contributed by atoms with Crippen LogP contribution in [0.2, 0.25) is 0 Å². The summed E-state index contributed by atoms with van der Waals surface area (Å²) in [7, 11) is 0. The summed E-state index contributed by atoms with van der Waals surface area (Å²) in [6, 6.07) is 0. The molecular formula is C5H12FNO. The third-order valence-electron chi connectivity index (χ3n) is 1.17. The first kappa shape index (κ1) is 7.85. The number of hydrogen-bond donors (Lipinski definition) is 1. The van der Waals surface area contributed by atoms with E-state index in [0.717, 1.165) is 0 Å². The SMILES string of the molecule is CC(ON)C(C)(C)F. The molecule has 0 aromatic carbocycles. The lowest BCUT2D eigenvalue weighted by atomic mass is 10.1. The fraction of sp³-hybridized carbons (Fsp3) is 1.00. The molecule has 0 fully saturated rings. The molecule has 0 aliphatic carbocycles. The Labute approximate surface area is 48.8 Å². The van der Waals surface area contributed by atoms with Gasteiger partial charge in [-0.2, -0.15) is 0 Å². The molecule has 8 heavy (non-hydrogen) atoms. The molecule has 0 rings (SSSR count). The Morgan fingerprint density at radius 2 is 2.00 bits per heavy atom. The van der Waals surface area contributed by atoms with Gasteiger partial charge in [-0.25, -0.2) is 10.3 Å². The average molecular weight is 121 g/mol. The van der Waals surface area contributed by atoms with Gasteiger partial charge in [-0.05, 0) is 20.8 Å². The van der Waals surface area contributed by atoms with Gasteiger partial charge in [0.1, 0.15) is 11.8 Å². The van der Waals surface area contributed by atoms with E-state index >= 15 is 0 Å². The van der Waals surface area contributed by atoms with Gasteiger partial charge in [0.2, 0.25) is 0 Å². The summed E-state index contributed by atoms with van der Waals surface area (Å²) in [5.74, 6) is 4.72. The van der Waals surface area contributed by atoms with Gasteiger partial charge in [0.15, 0.2) is 0 Å². The first-order valence-corrected chi connectivity index (χ1v) is 2.53. The van der Waals surface area contributed by atoms with E-state index in [0.29, 0.717) is 0 Å². The molecule has 0 aromatic heterocycles. The molecule has 0 aromatic rings. The molecule has 0 aliphatic heterocycles. The number of halogens is 1. The van der Waals surface area contributed by atoms with Gasteiger partial charge >= 0.3 is 0 Å². The zero-order valence-corrected chi connectivity index (χ0v) is 5.44. The van der Waals surface area contributed by atoms with E-state index < -0.39 is 11.8 Å². The summed E-state index contributed by atoms with van der Waals surface area (Å²) in [6.45, 7) is 4.43. The summed E-state index contributed by atoms with van der Waals surface area (Å²) < 4.78 is 12.6. The van der Waals surface area contributed by atoms with Crippen LogP contribution >= 0.6 is 0 Å². The normalized spacial score (nSPS) is 16.1. The van der Waals surface area contributed by atoms with E-state index in [-0.39, 0.29) is 0 Å². The molecule has 3 heteroatoms. The van der Waals surface area contributed by atoms with Crippen molar-refractivity contribution >= 4 is 0 Å². The maximum absolute atomic E-state index is 12.6. The van der Waals surface area contributed by atoms with Crippen molar-refractivity contribution in [3.63, 3.8) is 0 Å². The average Bonchev–Trinajstić information content (AvgIpc) is 1.62. The Bertz CT molecular complexity index is 69.3. The molecule has 0 saturated carbocycles. The van der Waals surface area contributed by atoms with Gasteiger partial charge in [0.05, 0.1) is 0 Å². The van der Waals surface area contributed by atoms with Crippen molar-refractivity contribution in [3.8, 4) is 0 Å². The standard InChI is InChI=1S/C5H12FNO/c1-4(8-7)5(2,3)6/h4H,7H2,1-3H3. The predicted octanol–water partition coefficient (Wildman–Crippen LogP) is 1.01. The number of nitrogens with two attached hydrogens (primary N) is 1. The highest BCUT2D eigenvalue weighted by Crippen LogP contribution is 2.14. The van der Waals surface area contributed by atoms with E-state index in [1.54, 1.807) is 6.92 Å². The van der Waals surface area contributed by atoms with Crippen LogP contribution in [0.25, 0.3) is 0 Å². The summed E-state index contributed by atoms with van der Waals surface area (Å²) in [5, 5.41) is 0. The molecule has 0 radical (unpaired) electrons. The van der Waals surface area contributed by atoms with Crippen molar-refractivity contribution in [1.82, 2.24) is 0 Å². The number of hydrogen-bond acceptors (Lipinski definition) is 2. The number of rotatable bonds is 2. The van der Waals surface area contributed by atoms with Crippen LogP contribution in [-0.4, -0.2) is 11.8 Å². The molecule has 0 spiro atoms. The quantitative estimate of drug-likeness (QED) is 0.553. The van der Waals surface area contributed by atoms with Crippen LogP contribution in [0.15, 0.2) is 0 Å². The Balaban J connectivity index is 3.62. The van der Waals surface area contributed by atoms with Gasteiger partial charge < -0.3 is 0 Å². The van der Waals surface area contributed by atoms with Crippen molar-refractivity contribution in [1.29, 1.82) is 0 Å². The minimum atomic E-state index is -1.34. The highest BCUT2D eigenvalue weighted by Gasteiger charge is 2.24. The van der Waals surface area contributed by atoms with E-state index in [4.69, 9.17) is 5.90 Å². The largest absolute Gasteiger partial charge is 0.298 e. The van der Waals surface area contributed by atoms with Crippen LogP contribution in [0.4, 0.5) is 4.39 Å². The first-order valence-electron chi connectivity index (χ1n) is 2.53. The van der Waals surface area contributed by atoms with Gasteiger partial charge in [-0.15, -0.1) is 0 Å². The molecule has 2 nitrogen and oxygen atoms in total. The molecule has 0 bridgehead atoms. The van der Waals surface area contributed by atoms with Gasteiger partial charge in [0, 0.05) is 0 Å². The van der Waals surface area contributed by atoms with Gasteiger partial charge in [-0.1, -0.05) is 0 Å². The topological polar surface area (TPSA) is 35.2 Å². The van der Waals surface area contributed by atoms with E-state index in [1.807, 2.05) is 0 Å². The molecular weight excluding hydrogens is 109 g/mol. The van der Waals surface area contributed by atoms with Crippen LogP contribution in [0.1, 0.15) is 20.8 Å². The monoisotopic (exact) mass is 121 g/mol. The van der Waals surface area contributed by atoms with Crippen LogP contribution in [-0.2, 0) is 4.84 Å². The van der Waals surface area contributed by atoms with Gasteiger partial charge in [0.25, 0.3) is 0 Å². The maximum atomic E-state index is 12.6. The van der Waals surface area contributed by atoms with E-state index in [2.05, 4.69) is 4.84 Å². The maximum Gasteiger partial charge on any atom is 0.133 e. The summed E-state index contributed by atoms with van der Waals surface area (Å²) >= 11 is 0. The highest BCUT2D eigenvalue weighted by molar-refractivity contribution is 4.72. The van der Waals surface area contributed by atoms with Crippen molar-refractivity contribution in [3.05, 3.63) is 0 Å². The molecule has 0 aliphatic rings. The van der Waals surface area contributed by atoms with Gasteiger partial charge in [-0.3, -0.25) is 4.84 Å². The van der Waals surface area contributed by atoms with Crippen molar-refractivity contribution in [2.24, 2.45) is 5.90 Å². The van der Waals surface area contributed by atoms with Crippen molar-refractivity contribution < 1.29 is 9.23 Å². The van der Waals surface area contributed by atoms with Crippen LogP contribution in [0.3, 0.4) is 0 Å². The second-order valence-electron chi connectivity index (χ2n) is 2.34. The molecule has 0 heterocycles. The first-order chi connectivity index (χ1) is 3.48. The zero-order valence-electron chi connectivity index (χ0n) is 5.44. The lowest BCUT2D eigenvalue weighted by molar-refractivity contribution is -0.0332. The second-order valence-corrected chi connectivity index (χ2v) is 2.34. The van der Waals surface area contributed by atoms with E-state index in [1.165, 1.54) is 13.8 Å². The molecule has 2 N–H and O–H groups in total. The Morgan fingerprint density at radius 3 is 2.00 bits per heavy atom. The van der Waals surface area contributed by atoms with Crippen molar-refractivity contribution in [2.75, 3.05) is 0 Å². The fourth-order valence-corrected chi connectivity index (χ4v) is 0.162. The smallest absolute Gasteiger partial charge is 0.133 e.